The zero-order valence-electron chi connectivity index (χ0n) is 11.6. The average molecular weight is 341 g/mol. The van der Waals surface area contributed by atoms with Crippen LogP contribution in [0.25, 0.3) is 0 Å². The van der Waals surface area contributed by atoms with Crippen LogP contribution in [0, 0.1) is 5.41 Å². The number of hydrogen-bond donors (Lipinski definition) is 1. The van der Waals surface area contributed by atoms with E-state index in [0.29, 0.717) is 10.4 Å². The molecule has 1 aromatic rings. The third kappa shape index (κ3) is 2.95. The highest BCUT2D eigenvalue weighted by molar-refractivity contribution is 9.10. The second-order valence-electron chi connectivity index (χ2n) is 5.41. The fraction of sp³-hybridized carbons (Fsp3) is 0.533. The van der Waals surface area contributed by atoms with Gasteiger partial charge in [0.1, 0.15) is 4.99 Å². The molecule has 2 nitrogen and oxygen atoms in total. The molecule has 0 saturated carbocycles. The summed E-state index contributed by atoms with van der Waals surface area (Å²) in [4.78, 5) is 2.91. The molecule has 0 amide bonds. The van der Waals surface area contributed by atoms with Gasteiger partial charge in [-0.2, -0.15) is 0 Å². The van der Waals surface area contributed by atoms with E-state index in [9.17, 15) is 0 Å². The van der Waals surface area contributed by atoms with Gasteiger partial charge in [-0.05, 0) is 58.8 Å². The van der Waals surface area contributed by atoms with Gasteiger partial charge in [-0.1, -0.05) is 26.1 Å². The van der Waals surface area contributed by atoms with Gasteiger partial charge in [-0.3, -0.25) is 0 Å². The fourth-order valence-electron chi connectivity index (χ4n) is 2.88. The van der Waals surface area contributed by atoms with Crippen molar-refractivity contribution >= 4 is 38.8 Å². The molecular formula is C15H21BrN2S. The summed E-state index contributed by atoms with van der Waals surface area (Å²) < 4.78 is 0.989. The maximum absolute atomic E-state index is 5.69. The third-order valence-corrected chi connectivity index (χ3v) is 5.40. The molecule has 2 rings (SSSR count). The maximum Gasteiger partial charge on any atom is 0.105 e. The molecule has 1 fully saturated rings. The highest BCUT2D eigenvalue weighted by atomic mass is 79.9. The van der Waals surface area contributed by atoms with Crippen molar-refractivity contribution in [1.29, 1.82) is 0 Å². The summed E-state index contributed by atoms with van der Waals surface area (Å²) in [5.74, 6) is 0. The van der Waals surface area contributed by atoms with E-state index in [1.54, 1.807) is 0 Å². The van der Waals surface area contributed by atoms with Crippen molar-refractivity contribution in [3.8, 4) is 0 Å². The number of halogens is 1. The molecular weight excluding hydrogens is 320 g/mol. The van der Waals surface area contributed by atoms with Gasteiger partial charge in [0, 0.05) is 28.8 Å². The van der Waals surface area contributed by atoms with E-state index in [1.165, 1.54) is 24.9 Å². The highest BCUT2D eigenvalue weighted by Gasteiger charge is 2.35. The lowest BCUT2D eigenvalue weighted by atomic mass is 9.82. The Morgan fingerprint density at radius 2 is 2.11 bits per heavy atom. The van der Waals surface area contributed by atoms with Crippen molar-refractivity contribution in [2.45, 2.75) is 33.1 Å². The largest absolute Gasteiger partial charge is 0.389 e. The lowest BCUT2D eigenvalue weighted by Gasteiger charge is -2.27. The second kappa shape index (κ2) is 5.80. The van der Waals surface area contributed by atoms with Crippen LogP contribution in [0.2, 0.25) is 0 Å². The first-order valence-electron chi connectivity index (χ1n) is 6.85. The van der Waals surface area contributed by atoms with Crippen LogP contribution >= 0.6 is 28.1 Å². The maximum atomic E-state index is 5.69. The van der Waals surface area contributed by atoms with Crippen LogP contribution in [0.1, 0.15) is 38.7 Å². The van der Waals surface area contributed by atoms with Crippen molar-refractivity contribution in [3.63, 3.8) is 0 Å². The number of thiocarbonyl (C=S) groups is 1. The van der Waals surface area contributed by atoms with Crippen molar-refractivity contribution in [2.75, 3.05) is 18.0 Å². The molecule has 0 unspecified atom stereocenters. The summed E-state index contributed by atoms with van der Waals surface area (Å²) in [6.45, 7) is 6.90. The van der Waals surface area contributed by atoms with E-state index in [1.807, 2.05) is 6.07 Å². The molecule has 0 aliphatic carbocycles. The molecule has 104 valence electrons. The van der Waals surface area contributed by atoms with Crippen LogP contribution in [0.15, 0.2) is 22.7 Å². The molecule has 0 atom stereocenters. The molecule has 0 radical (unpaired) electrons. The molecule has 2 N–H and O–H groups in total. The molecule has 0 spiro atoms. The van der Waals surface area contributed by atoms with Gasteiger partial charge in [0.2, 0.25) is 0 Å². The lowest BCUT2D eigenvalue weighted by Crippen LogP contribution is -2.26. The SMILES string of the molecule is CCC1(CC)CCN(c2ccc(C(N)=S)c(Br)c2)C1. The molecule has 1 heterocycles. The summed E-state index contributed by atoms with van der Waals surface area (Å²) in [5.41, 5.74) is 8.36. The number of benzene rings is 1. The van der Waals surface area contributed by atoms with E-state index in [-0.39, 0.29) is 0 Å². The van der Waals surface area contributed by atoms with Gasteiger partial charge >= 0.3 is 0 Å². The van der Waals surface area contributed by atoms with Crippen LogP contribution in [0.4, 0.5) is 5.69 Å². The Morgan fingerprint density at radius 1 is 1.42 bits per heavy atom. The van der Waals surface area contributed by atoms with Crippen LogP contribution in [-0.2, 0) is 0 Å². The topological polar surface area (TPSA) is 29.3 Å². The Hall–Kier alpha value is -0.610. The number of anilines is 1. The number of nitrogens with zero attached hydrogens (tertiary/aromatic N) is 1. The van der Waals surface area contributed by atoms with Crippen molar-refractivity contribution in [1.82, 2.24) is 0 Å². The van der Waals surface area contributed by atoms with Crippen LogP contribution in [-0.4, -0.2) is 18.1 Å². The summed E-state index contributed by atoms with van der Waals surface area (Å²) in [7, 11) is 0. The van der Waals surface area contributed by atoms with Crippen LogP contribution in [0.3, 0.4) is 0 Å². The monoisotopic (exact) mass is 340 g/mol. The molecule has 1 aliphatic rings. The Bertz CT molecular complexity index is 483. The highest BCUT2D eigenvalue weighted by Crippen LogP contribution is 2.39. The molecule has 1 aromatic carbocycles. The van der Waals surface area contributed by atoms with Crippen molar-refractivity contribution in [2.24, 2.45) is 11.1 Å². The predicted octanol–water partition coefficient (Wildman–Crippen LogP) is 4.10. The van der Waals surface area contributed by atoms with E-state index in [0.717, 1.165) is 23.1 Å². The summed E-state index contributed by atoms with van der Waals surface area (Å²) in [5, 5.41) is 0. The van der Waals surface area contributed by atoms with Crippen molar-refractivity contribution in [3.05, 3.63) is 28.2 Å². The summed E-state index contributed by atoms with van der Waals surface area (Å²) in [6, 6.07) is 6.27. The van der Waals surface area contributed by atoms with Gasteiger partial charge in [0.15, 0.2) is 0 Å². The zero-order valence-corrected chi connectivity index (χ0v) is 14.0. The Labute approximate surface area is 129 Å². The zero-order chi connectivity index (χ0) is 14.0. The fourth-order valence-corrected chi connectivity index (χ4v) is 3.77. The van der Waals surface area contributed by atoms with E-state index in [2.05, 4.69) is 46.8 Å². The quantitative estimate of drug-likeness (QED) is 0.836. The Morgan fingerprint density at radius 3 is 2.58 bits per heavy atom. The molecule has 4 heteroatoms. The van der Waals surface area contributed by atoms with Crippen LogP contribution < -0.4 is 10.6 Å². The third-order valence-electron chi connectivity index (χ3n) is 4.52. The molecule has 0 bridgehead atoms. The Balaban J connectivity index is 2.21. The molecule has 0 aromatic heterocycles. The smallest absolute Gasteiger partial charge is 0.105 e. The van der Waals surface area contributed by atoms with Gasteiger partial charge in [-0.15, -0.1) is 0 Å². The van der Waals surface area contributed by atoms with E-state index < -0.39 is 0 Å². The first-order valence-corrected chi connectivity index (χ1v) is 8.06. The van der Waals surface area contributed by atoms with E-state index >= 15 is 0 Å². The van der Waals surface area contributed by atoms with Gasteiger partial charge in [0.05, 0.1) is 0 Å². The van der Waals surface area contributed by atoms with Gasteiger partial charge in [-0.25, -0.2) is 0 Å². The van der Waals surface area contributed by atoms with Gasteiger partial charge in [0.25, 0.3) is 0 Å². The Kier molecular flexibility index (Phi) is 4.51. The number of hydrogen-bond acceptors (Lipinski definition) is 2. The number of nitrogens with two attached hydrogens (primary N) is 1. The standard InChI is InChI=1S/C15H21BrN2S/c1-3-15(4-2)7-8-18(10-15)11-5-6-12(14(17)19)13(16)9-11/h5-6,9H,3-4,7-8,10H2,1-2H3,(H2,17,19). The minimum atomic E-state index is 0.441. The van der Waals surface area contributed by atoms with Gasteiger partial charge < -0.3 is 10.6 Å². The minimum Gasteiger partial charge on any atom is -0.389 e. The van der Waals surface area contributed by atoms with Crippen LogP contribution in [0.5, 0.6) is 0 Å². The average Bonchev–Trinajstić information content (AvgIpc) is 2.83. The molecule has 19 heavy (non-hydrogen) atoms. The molecule has 1 aliphatic heterocycles. The normalized spacial score (nSPS) is 17.7. The lowest BCUT2D eigenvalue weighted by molar-refractivity contribution is 0.301. The van der Waals surface area contributed by atoms with Crippen molar-refractivity contribution < 1.29 is 0 Å². The molecule has 1 saturated heterocycles. The summed E-state index contributed by atoms with van der Waals surface area (Å²) >= 11 is 8.60. The van der Waals surface area contributed by atoms with E-state index in [4.69, 9.17) is 18.0 Å². The second-order valence-corrected chi connectivity index (χ2v) is 6.70. The first-order chi connectivity index (χ1) is 9.01. The minimum absolute atomic E-state index is 0.441. The predicted molar refractivity (Wildman–Crippen MR) is 89.9 cm³/mol. The first kappa shape index (κ1) is 14.8. The number of rotatable bonds is 4. The summed E-state index contributed by atoms with van der Waals surface area (Å²) in [6.07, 6.45) is 3.80.